The van der Waals surface area contributed by atoms with Gasteiger partial charge in [-0.2, -0.15) is 0 Å². The zero-order chi connectivity index (χ0) is 16.3. The van der Waals surface area contributed by atoms with Crippen LogP contribution in [0, 0.1) is 5.92 Å². The van der Waals surface area contributed by atoms with Gasteiger partial charge >= 0.3 is 0 Å². The third-order valence-corrected chi connectivity index (χ3v) is 5.64. The molecule has 138 valence electrons. The number of carbonyl (C=O) groups excluding carboxylic acids is 2. The van der Waals surface area contributed by atoms with E-state index in [1.165, 1.54) is 19.3 Å². The molecule has 2 aliphatic heterocycles. The Hall–Kier alpha value is -0.850. The van der Waals surface area contributed by atoms with E-state index in [2.05, 4.69) is 0 Å². The van der Waals surface area contributed by atoms with Crippen molar-refractivity contribution in [3.8, 4) is 0 Å². The molecule has 2 N–H and O–H groups in total. The second kappa shape index (κ2) is 8.50. The maximum absolute atomic E-state index is 12.7. The molecule has 3 rings (SSSR count). The van der Waals surface area contributed by atoms with E-state index < -0.39 is 5.54 Å². The van der Waals surface area contributed by atoms with Gasteiger partial charge < -0.3 is 20.3 Å². The normalized spacial score (nSPS) is 25.0. The Bertz CT molecular complexity index is 440. The Morgan fingerprint density at radius 1 is 0.917 bits per heavy atom. The van der Waals surface area contributed by atoms with Crippen LogP contribution < -0.4 is 5.73 Å². The number of ether oxygens (including phenoxy) is 1. The summed E-state index contributed by atoms with van der Waals surface area (Å²) in [6, 6.07) is 0. The Morgan fingerprint density at radius 3 is 2.04 bits per heavy atom. The van der Waals surface area contributed by atoms with Crippen LogP contribution in [0.4, 0.5) is 0 Å². The summed E-state index contributed by atoms with van der Waals surface area (Å²) >= 11 is 0. The van der Waals surface area contributed by atoms with E-state index in [0.717, 1.165) is 12.8 Å². The molecule has 3 fully saturated rings. The zero-order valence-corrected chi connectivity index (χ0v) is 15.2. The van der Waals surface area contributed by atoms with E-state index in [9.17, 15) is 9.59 Å². The Kier molecular flexibility index (Phi) is 6.89. The number of halogens is 1. The molecule has 1 aliphatic carbocycles. The van der Waals surface area contributed by atoms with Crippen molar-refractivity contribution in [2.75, 3.05) is 39.4 Å². The fourth-order valence-electron chi connectivity index (χ4n) is 4.00. The molecule has 24 heavy (non-hydrogen) atoms. The molecule has 0 aromatic carbocycles. The number of carbonyl (C=O) groups is 2. The van der Waals surface area contributed by atoms with E-state index in [1.54, 1.807) is 0 Å². The molecule has 0 bridgehead atoms. The zero-order valence-electron chi connectivity index (χ0n) is 14.4. The van der Waals surface area contributed by atoms with Crippen molar-refractivity contribution in [1.82, 2.24) is 9.80 Å². The number of nitrogens with two attached hydrogens (primary N) is 1. The molecule has 2 heterocycles. The summed E-state index contributed by atoms with van der Waals surface area (Å²) in [5, 5.41) is 0. The molecule has 0 spiro atoms. The summed E-state index contributed by atoms with van der Waals surface area (Å²) in [6.45, 7) is 3.63. The Labute approximate surface area is 150 Å². The molecular weight excluding hydrogens is 330 g/mol. The van der Waals surface area contributed by atoms with Crippen LogP contribution in [0.25, 0.3) is 0 Å². The van der Waals surface area contributed by atoms with Gasteiger partial charge in [0.25, 0.3) is 0 Å². The van der Waals surface area contributed by atoms with Crippen molar-refractivity contribution in [1.29, 1.82) is 0 Å². The lowest BCUT2D eigenvalue weighted by atomic mass is 9.88. The molecule has 0 radical (unpaired) electrons. The van der Waals surface area contributed by atoms with Gasteiger partial charge in [-0.25, -0.2) is 0 Å². The highest BCUT2D eigenvalue weighted by Gasteiger charge is 2.40. The first-order chi connectivity index (χ1) is 11.1. The maximum Gasteiger partial charge on any atom is 0.242 e. The van der Waals surface area contributed by atoms with Crippen molar-refractivity contribution in [2.24, 2.45) is 11.7 Å². The number of nitrogens with zero attached hydrogens (tertiary/aromatic N) is 2. The number of hydrogen-bond donors (Lipinski definition) is 1. The van der Waals surface area contributed by atoms with Gasteiger partial charge in [0, 0.05) is 45.3 Å². The molecule has 2 saturated heterocycles. The summed E-state index contributed by atoms with van der Waals surface area (Å²) in [4.78, 5) is 29.1. The van der Waals surface area contributed by atoms with Crippen molar-refractivity contribution < 1.29 is 14.3 Å². The predicted molar refractivity (Wildman–Crippen MR) is 94.0 cm³/mol. The molecule has 0 aromatic heterocycles. The lowest BCUT2D eigenvalue weighted by molar-refractivity contribution is -0.147. The average molecular weight is 360 g/mol. The smallest absolute Gasteiger partial charge is 0.242 e. The Balaban J connectivity index is 0.00000208. The first-order valence-corrected chi connectivity index (χ1v) is 9.05. The number of rotatable bonds is 2. The molecule has 0 aromatic rings. The summed E-state index contributed by atoms with van der Waals surface area (Å²) in [7, 11) is 0. The highest BCUT2D eigenvalue weighted by molar-refractivity contribution is 5.87. The molecule has 7 heteroatoms. The van der Waals surface area contributed by atoms with Gasteiger partial charge in [0.1, 0.15) is 0 Å². The van der Waals surface area contributed by atoms with E-state index >= 15 is 0 Å². The average Bonchev–Trinajstić information content (AvgIpc) is 2.62. The van der Waals surface area contributed by atoms with E-state index in [1.807, 2.05) is 9.80 Å². The fourth-order valence-corrected chi connectivity index (χ4v) is 4.00. The minimum absolute atomic E-state index is 0. The van der Waals surface area contributed by atoms with Crippen LogP contribution in [-0.2, 0) is 14.3 Å². The number of amides is 2. The fraction of sp³-hybridized carbons (Fsp3) is 0.882. The molecule has 0 atom stereocenters. The van der Waals surface area contributed by atoms with Gasteiger partial charge in [0.05, 0.1) is 5.54 Å². The summed E-state index contributed by atoms with van der Waals surface area (Å²) in [6.07, 6.45) is 6.85. The second-order valence-corrected chi connectivity index (χ2v) is 7.22. The summed E-state index contributed by atoms with van der Waals surface area (Å²) in [5.74, 6) is 0.540. The molecule has 6 nitrogen and oxygen atoms in total. The van der Waals surface area contributed by atoms with Gasteiger partial charge in [0.15, 0.2) is 0 Å². The first-order valence-electron chi connectivity index (χ1n) is 9.05. The third kappa shape index (κ3) is 4.21. The minimum Gasteiger partial charge on any atom is -0.381 e. The van der Waals surface area contributed by atoms with Gasteiger partial charge in [-0.1, -0.05) is 19.3 Å². The standard InChI is InChI=1S/C17H29N3O3.ClH/c18-17(6-12-23-13-7-17)16(22)20-10-8-19(9-11-20)15(21)14-4-2-1-3-5-14;/h14H,1-13,18H2;1H. The predicted octanol–water partition coefficient (Wildman–Crippen LogP) is 1.17. The van der Waals surface area contributed by atoms with Crippen LogP contribution >= 0.6 is 12.4 Å². The topological polar surface area (TPSA) is 75.9 Å². The highest BCUT2D eigenvalue weighted by atomic mass is 35.5. The van der Waals surface area contributed by atoms with Gasteiger partial charge in [-0.3, -0.25) is 9.59 Å². The maximum atomic E-state index is 12.7. The molecule has 0 unspecified atom stereocenters. The van der Waals surface area contributed by atoms with E-state index in [-0.39, 0.29) is 24.2 Å². The van der Waals surface area contributed by atoms with Gasteiger partial charge in [0.2, 0.25) is 11.8 Å². The lowest BCUT2D eigenvalue weighted by Gasteiger charge is -2.41. The van der Waals surface area contributed by atoms with Crippen LogP contribution in [-0.4, -0.2) is 66.5 Å². The van der Waals surface area contributed by atoms with Gasteiger partial charge in [-0.05, 0) is 25.7 Å². The third-order valence-electron chi connectivity index (χ3n) is 5.64. The van der Waals surface area contributed by atoms with E-state index in [4.69, 9.17) is 10.5 Å². The van der Waals surface area contributed by atoms with Crippen LogP contribution in [0.1, 0.15) is 44.9 Å². The summed E-state index contributed by atoms with van der Waals surface area (Å²) in [5.41, 5.74) is 5.52. The molecule has 3 aliphatic rings. The first kappa shape index (κ1) is 19.5. The lowest BCUT2D eigenvalue weighted by Crippen LogP contribution is -2.62. The minimum atomic E-state index is -0.770. The van der Waals surface area contributed by atoms with Crippen molar-refractivity contribution in [3.63, 3.8) is 0 Å². The molecule has 1 saturated carbocycles. The van der Waals surface area contributed by atoms with Crippen LogP contribution in [0.5, 0.6) is 0 Å². The van der Waals surface area contributed by atoms with Crippen LogP contribution in [0.3, 0.4) is 0 Å². The van der Waals surface area contributed by atoms with Gasteiger partial charge in [-0.15, -0.1) is 12.4 Å². The monoisotopic (exact) mass is 359 g/mol. The van der Waals surface area contributed by atoms with Crippen LogP contribution in [0.15, 0.2) is 0 Å². The number of hydrogen-bond acceptors (Lipinski definition) is 4. The quantitative estimate of drug-likeness (QED) is 0.803. The SMILES string of the molecule is Cl.NC1(C(=O)N2CCN(C(=O)C3CCCCC3)CC2)CCOCC1. The summed E-state index contributed by atoms with van der Waals surface area (Å²) < 4.78 is 5.31. The molecular formula is C17H30ClN3O3. The largest absolute Gasteiger partial charge is 0.381 e. The van der Waals surface area contributed by atoms with Crippen molar-refractivity contribution >= 4 is 24.2 Å². The molecule has 2 amide bonds. The van der Waals surface area contributed by atoms with Crippen molar-refractivity contribution in [3.05, 3.63) is 0 Å². The number of piperazine rings is 1. The highest BCUT2D eigenvalue weighted by Crippen LogP contribution is 2.26. The Morgan fingerprint density at radius 2 is 1.46 bits per heavy atom. The van der Waals surface area contributed by atoms with E-state index in [0.29, 0.717) is 58.1 Å². The van der Waals surface area contributed by atoms with Crippen LogP contribution in [0.2, 0.25) is 0 Å². The van der Waals surface area contributed by atoms with Crippen molar-refractivity contribution in [2.45, 2.75) is 50.5 Å². The second-order valence-electron chi connectivity index (χ2n) is 7.22.